The van der Waals surface area contributed by atoms with E-state index in [1.807, 2.05) is 30.6 Å². The van der Waals surface area contributed by atoms with E-state index < -0.39 is 0 Å². The number of hydrogen-bond acceptors (Lipinski definition) is 6. The van der Waals surface area contributed by atoms with Crippen molar-refractivity contribution in [3.05, 3.63) is 47.1 Å². The Balaban J connectivity index is 1.42. The minimum absolute atomic E-state index is 0.00227. The van der Waals surface area contributed by atoms with Crippen LogP contribution in [0.25, 0.3) is 0 Å². The second-order valence-corrected chi connectivity index (χ2v) is 8.65. The van der Waals surface area contributed by atoms with Gasteiger partial charge in [-0.1, -0.05) is 0 Å². The van der Waals surface area contributed by atoms with Crippen LogP contribution in [0.4, 0.5) is 0 Å². The van der Waals surface area contributed by atoms with Gasteiger partial charge in [0.2, 0.25) is 0 Å². The summed E-state index contributed by atoms with van der Waals surface area (Å²) in [7, 11) is 0. The Labute approximate surface area is 183 Å². The molecule has 2 saturated heterocycles. The summed E-state index contributed by atoms with van der Waals surface area (Å²) in [4.78, 5) is 47.1. The molecule has 8 heteroatoms. The van der Waals surface area contributed by atoms with Crippen molar-refractivity contribution in [3.8, 4) is 0 Å². The van der Waals surface area contributed by atoms with Crippen LogP contribution in [0.15, 0.2) is 18.6 Å². The van der Waals surface area contributed by atoms with E-state index in [2.05, 4.69) is 19.9 Å². The Hall–Kier alpha value is -2.90. The minimum atomic E-state index is -0.0249. The predicted octanol–water partition coefficient (Wildman–Crippen LogP) is 2.74. The fourth-order valence-electron chi connectivity index (χ4n) is 4.80. The molecule has 4 heterocycles. The van der Waals surface area contributed by atoms with E-state index in [1.54, 1.807) is 18.6 Å². The molecule has 4 rings (SSSR count). The highest BCUT2D eigenvalue weighted by atomic mass is 16.2. The summed E-state index contributed by atoms with van der Waals surface area (Å²) in [5.41, 5.74) is 2.53. The number of carbonyl (C=O) groups excluding carboxylic acids is 2. The maximum absolute atomic E-state index is 13.1. The molecule has 2 aliphatic heterocycles. The van der Waals surface area contributed by atoms with Crippen LogP contribution in [-0.2, 0) is 0 Å². The van der Waals surface area contributed by atoms with Gasteiger partial charge in [0.05, 0.1) is 23.1 Å². The van der Waals surface area contributed by atoms with E-state index in [4.69, 9.17) is 0 Å². The van der Waals surface area contributed by atoms with Crippen LogP contribution in [0.5, 0.6) is 0 Å². The first-order valence-electron chi connectivity index (χ1n) is 11.1. The Kier molecular flexibility index (Phi) is 6.25. The molecule has 0 aromatic carbocycles. The first kappa shape index (κ1) is 21.3. The van der Waals surface area contributed by atoms with Gasteiger partial charge >= 0.3 is 0 Å². The molecule has 0 unspecified atom stereocenters. The number of amides is 2. The van der Waals surface area contributed by atoms with Gasteiger partial charge in [0, 0.05) is 38.1 Å². The van der Waals surface area contributed by atoms with E-state index in [0.717, 1.165) is 50.0 Å². The molecule has 2 aliphatic rings. The smallest absolute Gasteiger partial charge is 0.274 e. The average Bonchev–Trinajstić information content (AvgIpc) is 2.79. The lowest BCUT2D eigenvalue weighted by molar-refractivity contribution is 0.0369. The minimum Gasteiger partial charge on any atom is -0.339 e. The zero-order valence-corrected chi connectivity index (χ0v) is 18.5. The molecule has 0 saturated carbocycles. The Morgan fingerprint density at radius 3 is 2.32 bits per heavy atom. The maximum atomic E-state index is 13.1. The van der Waals surface area contributed by atoms with Crippen molar-refractivity contribution in [3.63, 3.8) is 0 Å². The molecule has 8 nitrogen and oxygen atoms in total. The van der Waals surface area contributed by atoms with E-state index in [0.29, 0.717) is 36.1 Å². The second kappa shape index (κ2) is 9.08. The van der Waals surface area contributed by atoms with Crippen molar-refractivity contribution in [2.45, 2.75) is 58.9 Å². The van der Waals surface area contributed by atoms with Crippen LogP contribution in [0, 0.1) is 26.7 Å². The number of carbonyl (C=O) groups is 2. The molecule has 0 radical (unpaired) electrons. The zero-order valence-electron chi connectivity index (χ0n) is 18.5. The zero-order chi connectivity index (χ0) is 22.0. The van der Waals surface area contributed by atoms with Gasteiger partial charge in [-0.3, -0.25) is 14.6 Å². The lowest BCUT2D eigenvalue weighted by Gasteiger charge is -2.43. The normalized spacial score (nSPS) is 20.0. The summed E-state index contributed by atoms with van der Waals surface area (Å²) in [6, 6.07) is 0.200. The molecule has 2 fully saturated rings. The monoisotopic (exact) mass is 422 g/mol. The molecule has 164 valence electrons. The van der Waals surface area contributed by atoms with Crippen molar-refractivity contribution in [2.75, 3.05) is 19.6 Å². The first-order chi connectivity index (χ1) is 14.9. The fraction of sp³-hybridized carbons (Fsp3) is 0.565. The summed E-state index contributed by atoms with van der Waals surface area (Å²) in [6.45, 7) is 7.70. The number of aromatic nitrogens is 4. The molecule has 0 bridgehead atoms. The van der Waals surface area contributed by atoms with Crippen molar-refractivity contribution < 1.29 is 9.59 Å². The summed E-state index contributed by atoms with van der Waals surface area (Å²) in [6.07, 6.45) is 9.81. The quantitative estimate of drug-likeness (QED) is 0.755. The third-order valence-corrected chi connectivity index (χ3v) is 6.51. The Bertz CT molecular complexity index is 953. The summed E-state index contributed by atoms with van der Waals surface area (Å²) >= 11 is 0. The van der Waals surface area contributed by atoms with Crippen LogP contribution >= 0.6 is 0 Å². The Morgan fingerprint density at radius 1 is 0.871 bits per heavy atom. The van der Waals surface area contributed by atoms with Crippen LogP contribution in [0.1, 0.15) is 70.2 Å². The summed E-state index contributed by atoms with van der Waals surface area (Å²) < 4.78 is 0. The van der Waals surface area contributed by atoms with Crippen LogP contribution < -0.4 is 0 Å². The SMILES string of the molecule is Cc1cnc(C(=O)N2CCCC[C@@H]2C2CCN(C(=O)c3cnc(C)nc3C)CC2)cn1. The van der Waals surface area contributed by atoms with E-state index >= 15 is 0 Å². The van der Waals surface area contributed by atoms with Gasteiger partial charge < -0.3 is 9.80 Å². The molecule has 0 N–H and O–H groups in total. The average molecular weight is 423 g/mol. The molecular weight excluding hydrogens is 392 g/mol. The van der Waals surface area contributed by atoms with Crippen molar-refractivity contribution in [2.24, 2.45) is 5.92 Å². The number of piperidine rings is 2. The van der Waals surface area contributed by atoms with Gasteiger partial charge in [-0.15, -0.1) is 0 Å². The second-order valence-electron chi connectivity index (χ2n) is 8.65. The Morgan fingerprint density at radius 2 is 1.65 bits per heavy atom. The summed E-state index contributed by atoms with van der Waals surface area (Å²) in [5, 5.41) is 0. The molecule has 2 amide bonds. The topological polar surface area (TPSA) is 92.2 Å². The van der Waals surface area contributed by atoms with Gasteiger partial charge in [0.1, 0.15) is 11.5 Å². The standard InChI is InChI=1S/C23H30N6O2/c1-15-12-26-20(14-24-15)23(31)29-9-5-4-6-21(29)18-7-10-28(11-8-18)22(30)19-13-25-17(3)27-16(19)2/h12-14,18,21H,4-11H2,1-3H3/t21-/m1/s1. The van der Waals surface area contributed by atoms with E-state index in [1.165, 1.54) is 0 Å². The highest BCUT2D eigenvalue weighted by Crippen LogP contribution is 2.32. The van der Waals surface area contributed by atoms with E-state index in [-0.39, 0.29) is 17.9 Å². The molecule has 2 aromatic rings. The number of rotatable bonds is 3. The summed E-state index contributed by atoms with van der Waals surface area (Å²) in [5.74, 6) is 1.04. The van der Waals surface area contributed by atoms with E-state index in [9.17, 15) is 9.59 Å². The number of nitrogens with zero attached hydrogens (tertiary/aromatic N) is 6. The van der Waals surface area contributed by atoms with Crippen molar-refractivity contribution in [1.29, 1.82) is 0 Å². The molecular formula is C23H30N6O2. The number of likely N-dealkylation sites (tertiary alicyclic amines) is 2. The molecule has 0 spiro atoms. The van der Waals surface area contributed by atoms with Gasteiger partial charge in [-0.05, 0) is 58.8 Å². The van der Waals surface area contributed by atoms with Crippen molar-refractivity contribution >= 4 is 11.8 Å². The fourth-order valence-corrected chi connectivity index (χ4v) is 4.80. The number of aryl methyl sites for hydroxylation is 3. The maximum Gasteiger partial charge on any atom is 0.274 e. The van der Waals surface area contributed by atoms with Gasteiger partial charge in [0.15, 0.2) is 0 Å². The van der Waals surface area contributed by atoms with Crippen LogP contribution in [-0.4, -0.2) is 67.2 Å². The molecule has 1 atom stereocenters. The van der Waals surface area contributed by atoms with Crippen molar-refractivity contribution in [1.82, 2.24) is 29.7 Å². The molecule has 0 aliphatic carbocycles. The highest BCUT2D eigenvalue weighted by Gasteiger charge is 2.36. The lowest BCUT2D eigenvalue weighted by Crippen LogP contribution is -2.51. The predicted molar refractivity (Wildman–Crippen MR) is 116 cm³/mol. The van der Waals surface area contributed by atoms with Crippen LogP contribution in [0.2, 0.25) is 0 Å². The highest BCUT2D eigenvalue weighted by molar-refractivity contribution is 5.95. The third kappa shape index (κ3) is 4.57. The van der Waals surface area contributed by atoms with Gasteiger partial charge in [-0.2, -0.15) is 0 Å². The largest absolute Gasteiger partial charge is 0.339 e. The first-order valence-corrected chi connectivity index (χ1v) is 11.1. The number of hydrogen-bond donors (Lipinski definition) is 0. The lowest BCUT2D eigenvalue weighted by atomic mass is 9.83. The molecule has 31 heavy (non-hydrogen) atoms. The van der Waals surface area contributed by atoms with Gasteiger partial charge in [-0.25, -0.2) is 15.0 Å². The molecule has 2 aromatic heterocycles. The van der Waals surface area contributed by atoms with Crippen LogP contribution in [0.3, 0.4) is 0 Å². The van der Waals surface area contributed by atoms with Gasteiger partial charge in [0.25, 0.3) is 11.8 Å². The third-order valence-electron chi connectivity index (χ3n) is 6.51.